The molecule has 4 rings (SSSR count). The molecule has 2 aromatic carbocycles. The highest BCUT2D eigenvalue weighted by Gasteiger charge is 2.51. The number of hydrogen-bond acceptors (Lipinski definition) is 6. The number of amides is 2. The lowest BCUT2D eigenvalue weighted by molar-refractivity contribution is -0.124. The molecule has 2 N–H and O–H groups in total. The molecule has 1 fully saturated rings. The Morgan fingerprint density at radius 3 is 2.40 bits per heavy atom. The molecule has 180 valence electrons. The molecule has 1 heterocycles. The molecule has 3 aromatic rings. The standard InChI is InChI=1S/C25H22F2N4O4/c1-14(30-24(34)25(8-9-25)31-22(32)16-11-28-13-29-12-16)17-7-6-15(10-20(17)27)18-4-3-5-19(26)21(18)23(33)35-2/h3-7,10-14H,8-9H2,1-2H3,(H,30,34)(H,31,32)/t14-/m0/s1. The van der Waals surface area contributed by atoms with Crippen LogP contribution in [0.4, 0.5) is 8.78 Å². The summed E-state index contributed by atoms with van der Waals surface area (Å²) in [7, 11) is 1.13. The second kappa shape index (κ2) is 9.57. The van der Waals surface area contributed by atoms with Gasteiger partial charge in [0.1, 0.15) is 29.1 Å². The molecule has 0 aliphatic heterocycles. The number of methoxy groups -OCH3 is 1. The van der Waals surface area contributed by atoms with Gasteiger partial charge in [0.2, 0.25) is 5.91 Å². The van der Waals surface area contributed by atoms with Crippen LogP contribution >= 0.6 is 0 Å². The van der Waals surface area contributed by atoms with Gasteiger partial charge in [0.25, 0.3) is 5.91 Å². The second-order valence-electron chi connectivity index (χ2n) is 8.25. The first-order valence-electron chi connectivity index (χ1n) is 10.8. The van der Waals surface area contributed by atoms with Crippen LogP contribution in [-0.2, 0) is 9.53 Å². The molecule has 0 saturated heterocycles. The molecule has 2 amide bonds. The first-order valence-corrected chi connectivity index (χ1v) is 10.8. The summed E-state index contributed by atoms with van der Waals surface area (Å²) in [6, 6.07) is 7.47. The van der Waals surface area contributed by atoms with Gasteiger partial charge in [-0.25, -0.2) is 23.5 Å². The number of halogens is 2. The van der Waals surface area contributed by atoms with Crippen molar-refractivity contribution in [3.8, 4) is 11.1 Å². The average molecular weight is 480 g/mol. The van der Waals surface area contributed by atoms with E-state index in [4.69, 9.17) is 0 Å². The summed E-state index contributed by atoms with van der Waals surface area (Å²) in [6.07, 6.45) is 4.88. The lowest BCUT2D eigenvalue weighted by atomic mass is 9.96. The fraction of sp³-hybridized carbons (Fsp3) is 0.240. The van der Waals surface area contributed by atoms with Crippen molar-refractivity contribution in [3.05, 3.63) is 83.4 Å². The monoisotopic (exact) mass is 480 g/mol. The number of carbonyl (C=O) groups excluding carboxylic acids is 3. The Kier molecular flexibility index (Phi) is 6.54. The van der Waals surface area contributed by atoms with Gasteiger partial charge < -0.3 is 15.4 Å². The van der Waals surface area contributed by atoms with Crippen molar-refractivity contribution in [1.29, 1.82) is 0 Å². The molecule has 0 unspecified atom stereocenters. The van der Waals surface area contributed by atoms with Crippen molar-refractivity contribution in [2.24, 2.45) is 0 Å². The van der Waals surface area contributed by atoms with Gasteiger partial charge in [-0.2, -0.15) is 0 Å². The lowest BCUT2D eigenvalue weighted by Gasteiger charge is -2.21. The molecule has 0 radical (unpaired) electrons. The summed E-state index contributed by atoms with van der Waals surface area (Å²) in [4.78, 5) is 44.9. The normalized spacial score (nSPS) is 14.5. The Bertz CT molecular complexity index is 1300. The third-order valence-electron chi connectivity index (χ3n) is 5.89. The van der Waals surface area contributed by atoms with Crippen LogP contribution in [-0.4, -0.2) is 40.4 Å². The molecule has 1 atom stereocenters. The van der Waals surface area contributed by atoms with Crippen LogP contribution in [0.3, 0.4) is 0 Å². The van der Waals surface area contributed by atoms with Gasteiger partial charge in [-0.15, -0.1) is 0 Å². The SMILES string of the molecule is COC(=O)c1c(F)cccc1-c1ccc([C@H](C)NC(=O)C2(NC(=O)c3cncnc3)CC2)c(F)c1. The zero-order valence-corrected chi connectivity index (χ0v) is 19.0. The van der Waals surface area contributed by atoms with Crippen molar-refractivity contribution in [1.82, 2.24) is 20.6 Å². The van der Waals surface area contributed by atoms with E-state index in [2.05, 4.69) is 25.3 Å². The smallest absolute Gasteiger partial charge is 0.341 e. The molecule has 35 heavy (non-hydrogen) atoms. The second-order valence-corrected chi connectivity index (χ2v) is 8.25. The summed E-state index contributed by atoms with van der Waals surface area (Å²) in [6.45, 7) is 1.61. The first-order chi connectivity index (χ1) is 16.8. The van der Waals surface area contributed by atoms with E-state index in [1.165, 1.54) is 49.1 Å². The average Bonchev–Trinajstić information content (AvgIpc) is 3.64. The minimum absolute atomic E-state index is 0.184. The third-order valence-corrected chi connectivity index (χ3v) is 5.89. The fourth-order valence-electron chi connectivity index (χ4n) is 3.77. The summed E-state index contributed by atoms with van der Waals surface area (Å²) in [5, 5.41) is 5.45. The Labute approximate surface area is 199 Å². The number of benzene rings is 2. The van der Waals surface area contributed by atoms with Crippen molar-refractivity contribution in [2.45, 2.75) is 31.3 Å². The zero-order valence-electron chi connectivity index (χ0n) is 19.0. The first kappa shape index (κ1) is 23.9. The summed E-state index contributed by atoms with van der Waals surface area (Å²) >= 11 is 0. The van der Waals surface area contributed by atoms with Crippen LogP contribution in [0.25, 0.3) is 11.1 Å². The van der Waals surface area contributed by atoms with E-state index in [1.54, 1.807) is 6.92 Å². The van der Waals surface area contributed by atoms with Crippen LogP contribution in [0.1, 0.15) is 52.1 Å². The van der Waals surface area contributed by atoms with Gasteiger partial charge in [0.15, 0.2) is 0 Å². The Hall–Kier alpha value is -4.21. The molecule has 8 nitrogen and oxygen atoms in total. The largest absolute Gasteiger partial charge is 0.465 e. The molecule has 0 spiro atoms. The minimum Gasteiger partial charge on any atom is -0.465 e. The number of nitrogens with one attached hydrogen (secondary N) is 2. The zero-order chi connectivity index (χ0) is 25.2. The van der Waals surface area contributed by atoms with Crippen molar-refractivity contribution >= 4 is 17.8 Å². The summed E-state index contributed by atoms with van der Waals surface area (Å²) in [5.74, 6) is -3.21. The number of rotatable bonds is 7. The number of ether oxygens (including phenoxy) is 1. The molecular formula is C25H22F2N4O4. The van der Waals surface area contributed by atoms with Crippen molar-refractivity contribution < 1.29 is 27.9 Å². The quantitative estimate of drug-likeness (QED) is 0.502. The topological polar surface area (TPSA) is 110 Å². The van der Waals surface area contributed by atoms with Crippen LogP contribution in [0.2, 0.25) is 0 Å². The highest BCUT2D eigenvalue weighted by Crippen LogP contribution is 2.37. The maximum absolute atomic E-state index is 15.1. The molecule has 1 aromatic heterocycles. The van der Waals surface area contributed by atoms with Crippen LogP contribution < -0.4 is 10.6 Å². The molecular weight excluding hydrogens is 458 g/mol. The minimum atomic E-state index is -1.07. The maximum Gasteiger partial charge on any atom is 0.341 e. The van der Waals surface area contributed by atoms with E-state index in [-0.39, 0.29) is 27.8 Å². The molecule has 1 aliphatic carbocycles. The van der Waals surface area contributed by atoms with Gasteiger partial charge in [0, 0.05) is 18.0 Å². The van der Waals surface area contributed by atoms with E-state index in [0.29, 0.717) is 12.8 Å². The predicted octanol–water partition coefficient (Wildman–Crippen LogP) is 3.35. The number of aromatic nitrogens is 2. The molecule has 0 bridgehead atoms. The maximum atomic E-state index is 15.1. The fourth-order valence-corrected chi connectivity index (χ4v) is 3.77. The van der Waals surface area contributed by atoms with E-state index >= 15 is 4.39 Å². The van der Waals surface area contributed by atoms with Crippen molar-refractivity contribution in [3.63, 3.8) is 0 Å². The van der Waals surface area contributed by atoms with Crippen LogP contribution in [0, 0.1) is 11.6 Å². The third kappa shape index (κ3) is 4.86. The van der Waals surface area contributed by atoms with Gasteiger partial charge in [-0.1, -0.05) is 24.3 Å². The predicted molar refractivity (Wildman–Crippen MR) is 121 cm³/mol. The number of esters is 1. The van der Waals surface area contributed by atoms with E-state index in [0.717, 1.165) is 13.2 Å². The summed E-state index contributed by atoms with van der Waals surface area (Å²) in [5.41, 5.74) is -0.487. The Morgan fingerprint density at radius 1 is 1.06 bits per heavy atom. The van der Waals surface area contributed by atoms with Gasteiger partial charge in [0.05, 0.1) is 18.7 Å². The Morgan fingerprint density at radius 2 is 1.77 bits per heavy atom. The van der Waals surface area contributed by atoms with Crippen LogP contribution in [0.15, 0.2) is 55.1 Å². The Balaban J connectivity index is 1.50. The molecule has 1 aliphatic rings. The number of carbonyl (C=O) groups is 3. The lowest BCUT2D eigenvalue weighted by Crippen LogP contribution is -2.49. The highest BCUT2D eigenvalue weighted by atomic mass is 19.1. The van der Waals surface area contributed by atoms with Gasteiger partial charge >= 0.3 is 5.97 Å². The van der Waals surface area contributed by atoms with Crippen molar-refractivity contribution in [2.75, 3.05) is 7.11 Å². The van der Waals surface area contributed by atoms with E-state index < -0.39 is 41.0 Å². The number of nitrogens with zero attached hydrogens (tertiary/aromatic N) is 2. The van der Waals surface area contributed by atoms with E-state index in [1.807, 2.05) is 0 Å². The number of hydrogen-bond donors (Lipinski definition) is 2. The molecule has 1 saturated carbocycles. The van der Waals surface area contributed by atoms with Gasteiger partial charge in [-0.05, 0) is 43.0 Å². The van der Waals surface area contributed by atoms with Gasteiger partial charge in [-0.3, -0.25) is 9.59 Å². The van der Waals surface area contributed by atoms with E-state index in [9.17, 15) is 18.8 Å². The highest BCUT2D eigenvalue weighted by molar-refractivity contribution is 6.00. The van der Waals surface area contributed by atoms with Crippen LogP contribution in [0.5, 0.6) is 0 Å². The summed E-state index contributed by atoms with van der Waals surface area (Å²) < 4.78 is 34.0. The molecule has 10 heteroatoms.